The number of carbonyl (C=O) groups is 3. The van der Waals surface area contributed by atoms with Gasteiger partial charge in [-0.05, 0) is 54.7 Å². The first-order chi connectivity index (χ1) is 17.4. The zero-order chi connectivity index (χ0) is 25.1. The summed E-state index contributed by atoms with van der Waals surface area (Å²) in [6.07, 6.45) is 2.84. The molecule has 4 aliphatic rings. The van der Waals surface area contributed by atoms with Crippen molar-refractivity contribution < 1.29 is 24.2 Å². The van der Waals surface area contributed by atoms with Crippen LogP contribution in [0.3, 0.4) is 0 Å². The van der Waals surface area contributed by atoms with Gasteiger partial charge in [-0.1, -0.05) is 29.9 Å². The highest BCUT2D eigenvalue weighted by Gasteiger charge is 2.69. The van der Waals surface area contributed by atoms with Gasteiger partial charge < -0.3 is 14.8 Å². The maximum atomic E-state index is 13.5. The van der Waals surface area contributed by atoms with Crippen molar-refractivity contribution in [2.75, 3.05) is 13.7 Å². The number of carboxylic acids is 1. The van der Waals surface area contributed by atoms with Gasteiger partial charge in [-0.3, -0.25) is 24.1 Å². The van der Waals surface area contributed by atoms with Crippen LogP contribution < -0.4 is 9.61 Å². The molecule has 6 rings (SSSR count). The van der Waals surface area contributed by atoms with Crippen molar-refractivity contribution in [1.29, 1.82) is 0 Å². The maximum Gasteiger partial charge on any atom is 0.305 e. The molecule has 1 aromatic heterocycles. The minimum atomic E-state index is -0.823. The molecule has 2 aliphatic heterocycles. The molecule has 8 nitrogen and oxygen atoms in total. The number of imide groups is 1. The number of aromatic amines is 1. The summed E-state index contributed by atoms with van der Waals surface area (Å²) in [6.45, 7) is 0.370. The molecule has 0 radical (unpaired) electrons. The van der Waals surface area contributed by atoms with Gasteiger partial charge in [-0.15, -0.1) is 11.8 Å². The molecule has 1 aromatic carbocycles. The van der Waals surface area contributed by atoms with Crippen LogP contribution in [0.25, 0.3) is 0 Å². The third-order valence-corrected chi connectivity index (χ3v) is 11.2. The number of likely N-dealkylation sites (tertiary alicyclic amines) is 1. The predicted molar refractivity (Wildman–Crippen MR) is 134 cm³/mol. The Kier molecular flexibility index (Phi) is 5.99. The molecule has 1 saturated heterocycles. The SMILES string of the molecule is COc1ccc([C@H]2c3sc(=O)[nH]c3S[C@H]3[C@@H]4C[C@H]([C@H]5C(=O)N(CCCCCC(=O)O)C(=O)[C@H]45)[C@H]23)cc1. The molecule has 7 atom stereocenters. The summed E-state index contributed by atoms with van der Waals surface area (Å²) in [6, 6.07) is 7.99. The highest BCUT2D eigenvalue weighted by molar-refractivity contribution is 8.00. The fourth-order valence-corrected chi connectivity index (χ4v) is 10.1. The number of nitrogens with one attached hydrogen (secondary N) is 1. The molecule has 0 spiro atoms. The van der Waals surface area contributed by atoms with E-state index in [9.17, 15) is 19.2 Å². The summed E-state index contributed by atoms with van der Waals surface area (Å²) < 4.78 is 5.35. The first kappa shape index (κ1) is 23.8. The van der Waals surface area contributed by atoms with Crippen molar-refractivity contribution in [2.24, 2.45) is 29.6 Å². The second-order valence-electron chi connectivity index (χ2n) is 10.3. The number of thioether (sulfide) groups is 1. The number of carboxylic acid groups (broad SMARTS) is 1. The normalized spacial score (nSPS) is 31.9. The standard InChI is InChI=1S/C26H28N2O6S2/c1-34-13-8-6-12(7-9-13)17-18-14-11-15(21(18)35-23-22(17)36-26(33)27-23)20-19(14)24(31)28(25(20)32)10-4-2-3-5-16(29)30/h6-9,14-15,17-21H,2-5,10-11H2,1H3,(H,27,33)(H,29,30)/t14-,15+,17+,18+,19+,20+,21-/m0/s1. The number of aliphatic carboxylic acids is 1. The summed E-state index contributed by atoms with van der Waals surface area (Å²) in [5, 5.41) is 9.91. The molecule has 2 aliphatic carbocycles. The topological polar surface area (TPSA) is 117 Å². The van der Waals surface area contributed by atoms with Gasteiger partial charge in [0.25, 0.3) is 0 Å². The first-order valence-electron chi connectivity index (χ1n) is 12.5. The Morgan fingerprint density at radius 2 is 1.81 bits per heavy atom. The average Bonchev–Trinajstić information content (AvgIpc) is 3.59. The predicted octanol–water partition coefficient (Wildman–Crippen LogP) is 3.56. The lowest BCUT2D eigenvalue weighted by atomic mass is 9.68. The van der Waals surface area contributed by atoms with Gasteiger partial charge in [0.05, 0.1) is 24.0 Å². The Balaban J connectivity index is 1.28. The fourth-order valence-electron chi connectivity index (χ4n) is 7.21. The van der Waals surface area contributed by atoms with Gasteiger partial charge in [0, 0.05) is 29.0 Å². The highest BCUT2D eigenvalue weighted by Crippen LogP contribution is 2.68. The van der Waals surface area contributed by atoms with Crippen molar-refractivity contribution in [2.45, 2.75) is 48.3 Å². The summed E-state index contributed by atoms with van der Waals surface area (Å²) >= 11 is 2.95. The Morgan fingerprint density at radius 1 is 1.08 bits per heavy atom. The van der Waals surface area contributed by atoms with E-state index in [-0.39, 0.29) is 63.9 Å². The van der Waals surface area contributed by atoms with Gasteiger partial charge in [0.2, 0.25) is 11.8 Å². The third kappa shape index (κ3) is 3.63. The van der Waals surface area contributed by atoms with E-state index >= 15 is 0 Å². The van der Waals surface area contributed by atoms with Crippen molar-refractivity contribution in [1.82, 2.24) is 9.88 Å². The molecule has 2 bridgehead atoms. The van der Waals surface area contributed by atoms with Gasteiger partial charge in [0.1, 0.15) is 5.75 Å². The van der Waals surface area contributed by atoms with Crippen LogP contribution in [0.1, 0.15) is 48.5 Å². The zero-order valence-corrected chi connectivity index (χ0v) is 21.5. The molecule has 2 saturated carbocycles. The molecule has 36 heavy (non-hydrogen) atoms. The van der Waals surface area contributed by atoms with E-state index in [1.807, 2.05) is 12.1 Å². The number of fused-ring (bicyclic) bond motifs is 9. The quantitative estimate of drug-likeness (QED) is 0.397. The van der Waals surface area contributed by atoms with Gasteiger partial charge in [-0.25, -0.2) is 0 Å². The zero-order valence-electron chi connectivity index (χ0n) is 19.8. The van der Waals surface area contributed by atoms with Crippen LogP contribution in [0, 0.1) is 29.6 Å². The third-order valence-electron chi connectivity index (χ3n) is 8.56. The largest absolute Gasteiger partial charge is 0.497 e. The number of methoxy groups -OCH3 is 1. The second-order valence-corrected chi connectivity index (χ2v) is 12.5. The Hall–Kier alpha value is -2.59. The number of amides is 2. The number of ether oxygens (including phenoxy) is 1. The van der Waals surface area contributed by atoms with E-state index in [0.29, 0.717) is 25.8 Å². The van der Waals surface area contributed by atoms with Gasteiger partial charge >= 0.3 is 10.8 Å². The van der Waals surface area contributed by atoms with Crippen molar-refractivity contribution in [3.63, 3.8) is 0 Å². The van der Waals surface area contributed by atoms with E-state index in [0.717, 1.165) is 27.6 Å². The van der Waals surface area contributed by atoms with E-state index in [1.165, 1.54) is 16.2 Å². The fraction of sp³-hybridized carbons (Fsp3) is 0.538. The molecule has 2 aromatic rings. The highest BCUT2D eigenvalue weighted by atomic mass is 32.2. The minimum Gasteiger partial charge on any atom is -0.497 e. The molecule has 2 N–H and O–H groups in total. The first-order valence-corrected chi connectivity index (χ1v) is 14.2. The number of benzene rings is 1. The van der Waals surface area contributed by atoms with E-state index in [1.54, 1.807) is 18.9 Å². The summed E-state index contributed by atoms with van der Waals surface area (Å²) in [5.41, 5.74) is 1.11. The Bertz CT molecular complexity index is 1270. The van der Waals surface area contributed by atoms with Crippen LogP contribution in [-0.4, -0.2) is 51.7 Å². The lowest BCUT2D eigenvalue weighted by molar-refractivity contribution is -0.141. The van der Waals surface area contributed by atoms with Crippen LogP contribution in [0.15, 0.2) is 34.1 Å². The smallest absolute Gasteiger partial charge is 0.305 e. The van der Waals surface area contributed by atoms with Crippen LogP contribution in [0.2, 0.25) is 0 Å². The molecule has 3 heterocycles. The molecule has 10 heteroatoms. The second kappa shape index (κ2) is 9.06. The van der Waals surface area contributed by atoms with Crippen LogP contribution in [0.4, 0.5) is 0 Å². The van der Waals surface area contributed by atoms with E-state index < -0.39 is 5.97 Å². The van der Waals surface area contributed by atoms with Crippen molar-refractivity contribution >= 4 is 40.9 Å². The van der Waals surface area contributed by atoms with Crippen LogP contribution in [0.5, 0.6) is 5.75 Å². The number of rotatable bonds is 8. The number of hydrogen-bond acceptors (Lipinski definition) is 7. The van der Waals surface area contributed by atoms with Crippen molar-refractivity contribution in [3.8, 4) is 5.75 Å². The summed E-state index contributed by atoms with van der Waals surface area (Å²) in [7, 11) is 1.63. The van der Waals surface area contributed by atoms with E-state index in [4.69, 9.17) is 9.84 Å². The average molecular weight is 529 g/mol. The number of nitrogens with zero attached hydrogens (tertiary/aromatic N) is 1. The van der Waals surface area contributed by atoms with Crippen LogP contribution >= 0.6 is 23.1 Å². The van der Waals surface area contributed by atoms with Gasteiger partial charge in [-0.2, -0.15) is 0 Å². The number of unbranched alkanes of at least 4 members (excludes halogenated alkanes) is 2. The lowest BCUT2D eigenvalue weighted by Crippen LogP contribution is -2.42. The molecule has 2 amide bonds. The minimum absolute atomic E-state index is 0.00465. The Labute approximate surface area is 216 Å². The number of thiazole rings is 1. The Morgan fingerprint density at radius 3 is 2.50 bits per heavy atom. The summed E-state index contributed by atoms with van der Waals surface area (Å²) in [4.78, 5) is 55.5. The lowest BCUT2D eigenvalue weighted by Gasteiger charge is -2.43. The number of aromatic nitrogens is 1. The molecule has 0 unspecified atom stereocenters. The maximum absolute atomic E-state index is 13.5. The van der Waals surface area contributed by atoms with Gasteiger partial charge in [0.15, 0.2) is 0 Å². The monoisotopic (exact) mass is 528 g/mol. The number of carbonyl (C=O) groups excluding carboxylic acids is 2. The molecule has 190 valence electrons. The van der Waals surface area contributed by atoms with E-state index in [2.05, 4.69) is 17.1 Å². The number of H-pyrrole nitrogens is 1. The van der Waals surface area contributed by atoms with Crippen molar-refractivity contribution in [3.05, 3.63) is 44.4 Å². The molecular weight excluding hydrogens is 500 g/mol. The summed E-state index contributed by atoms with van der Waals surface area (Å²) in [5.74, 6) is -0.335. The molecule has 3 fully saturated rings. The molecular formula is C26H28N2O6S2. The van der Waals surface area contributed by atoms with Crippen LogP contribution in [-0.2, 0) is 14.4 Å². The number of hydrogen-bond donors (Lipinski definition) is 2.